The highest BCUT2D eigenvalue weighted by atomic mass is 16.5. The van der Waals surface area contributed by atoms with Gasteiger partial charge in [0.1, 0.15) is 5.75 Å². The molecule has 1 unspecified atom stereocenters. The average Bonchev–Trinajstić information content (AvgIpc) is 2.89. The summed E-state index contributed by atoms with van der Waals surface area (Å²) in [5.41, 5.74) is 6.49. The van der Waals surface area contributed by atoms with Gasteiger partial charge >= 0.3 is 0 Å². The molecule has 1 aromatic rings. The maximum absolute atomic E-state index is 11.6. The van der Waals surface area contributed by atoms with E-state index in [1.165, 1.54) is 0 Å². The fourth-order valence-corrected chi connectivity index (χ4v) is 1.87. The number of nitrogens with one attached hydrogen (secondary N) is 1. The van der Waals surface area contributed by atoms with Crippen LogP contribution < -0.4 is 15.8 Å². The fourth-order valence-electron chi connectivity index (χ4n) is 1.87. The molecule has 3 N–H and O–H groups in total. The lowest BCUT2D eigenvalue weighted by atomic mass is 10.2. The molecule has 1 saturated heterocycles. The van der Waals surface area contributed by atoms with Gasteiger partial charge < -0.3 is 20.5 Å². The summed E-state index contributed by atoms with van der Waals surface area (Å²) in [6.45, 7) is 1.70. The molecule has 0 bridgehead atoms. The number of carbonyl (C=O) groups excluding carboxylic acids is 1. The number of hydrogen-bond acceptors (Lipinski definition) is 4. The summed E-state index contributed by atoms with van der Waals surface area (Å²) >= 11 is 0. The van der Waals surface area contributed by atoms with Gasteiger partial charge in [0.15, 0.2) is 6.61 Å². The van der Waals surface area contributed by atoms with Gasteiger partial charge in [0.25, 0.3) is 5.91 Å². The van der Waals surface area contributed by atoms with E-state index in [-0.39, 0.29) is 18.6 Å². The number of carbonyl (C=O) groups is 1. The maximum atomic E-state index is 11.6. The number of rotatable bonds is 5. The van der Waals surface area contributed by atoms with Gasteiger partial charge in [-0.15, -0.1) is 0 Å². The van der Waals surface area contributed by atoms with Crippen LogP contribution >= 0.6 is 0 Å². The van der Waals surface area contributed by atoms with E-state index in [4.69, 9.17) is 15.2 Å². The normalized spacial score (nSPS) is 18.6. The molecule has 5 heteroatoms. The predicted molar refractivity (Wildman–Crippen MR) is 67.2 cm³/mol. The predicted octanol–water partition coefficient (Wildman–Crippen LogP) is 0.429. The number of hydrogen-bond donors (Lipinski definition) is 2. The Hall–Kier alpha value is -1.59. The van der Waals surface area contributed by atoms with Gasteiger partial charge in [0.05, 0.1) is 12.6 Å². The molecule has 1 aliphatic heterocycles. The zero-order chi connectivity index (χ0) is 12.8. The monoisotopic (exact) mass is 250 g/mol. The minimum Gasteiger partial charge on any atom is -0.483 e. The second-order valence-electron chi connectivity index (χ2n) is 4.23. The molecule has 0 spiro atoms. The van der Waals surface area contributed by atoms with Crippen molar-refractivity contribution in [2.45, 2.75) is 19.0 Å². The largest absolute Gasteiger partial charge is 0.483 e. The molecule has 0 saturated carbocycles. The second-order valence-corrected chi connectivity index (χ2v) is 4.23. The number of amides is 1. The van der Waals surface area contributed by atoms with Crippen molar-refractivity contribution in [1.29, 1.82) is 0 Å². The van der Waals surface area contributed by atoms with Gasteiger partial charge in [-0.25, -0.2) is 0 Å². The molecule has 1 aromatic carbocycles. The highest BCUT2D eigenvalue weighted by Gasteiger charge is 2.17. The van der Waals surface area contributed by atoms with E-state index in [2.05, 4.69) is 5.32 Å². The molecule has 1 heterocycles. The first-order valence-corrected chi connectivity index (χ1v) is 6.07. The molecule has 2 rings (SSSR count). The van der Waals surface area contributed by atoms with E-state index in [1.54, 1.807) is 0 Å². The van der Waals surface area contributed by atoms with E-state index in [0.29, 0.717) is 25.5 Å². The minimum atomic E-state index is -0.127. The van der Waals surface area contributed by atoms with Crippen molar-refractivity contribution < 1.29 is 14.3 Å². The van der Waals surface area contributed by atoms with Crippen LogP contribution in [-0.2, 0) is 16.1 Å². The molecule has 1 aliphatic rings. The maximum Gasteiger partial charge on any atom is 0.258 e. The summed E-state index contributed by atoms with van der Waals surface area (Å²) in [5.74, 6) is 0.537. The lowest BCUT2D eigenvalue weighted by Crippen LogP contribution is -2.38. The third-order valence-corrected chi connectivity index (χ3v) is 2.85. The zero-order valence-electron chi connectivity index (χ0n) is 10.2. The molecule has 98 valence electrons. The van der Waals surface area contributed by atoms with Crippen molar-refractivity contribution in [1.82, 2.24) is 5.32 Å². The van der Waals surface area contributed by atoms with Crippen molar-refractivity contribution in [2.75, 3.05) is 19.8 Å². The van der Waals surface area contributed by atoms with Gasteiger partial charge in [-0.05, 0) is 12.5 Å². The number of benzene rings is 1. The Morgan fingerprint density at radius 1 is 1.50 bits per heavy atom. The van der Waals surface area contributed by atoms with Crippen molar-refractivity contribution in [3.8, 4) is 5.75 Å². The van der Waals surface area contributed by atoms with E-state index in [0.717, 1.165) is 12.0 Å². The van der Waals surface area contributed by atoms with Gasteiger partial charge in [-0.1, -0.05) is 18.2 Å². The van der Waals surface area contributed by atoms with Gasteiger partial charge in [0.2, 0.25) is 0 Å². The minimum absolute atomic E-state index is 0.00745. The first kappa shape index (κ1) is 12.9. The Kier molecular flexibility index (Phi) is 4.55. The Labute approximate surface area is 106 Å². The van der Waals surface area contributed by atoms with Gasteiger partial charge in [-0.2, -0.15) is 0 Å². The van der Waals surface area contributed by atoms with Gasteiger partial charge in [-0.3, -0.25) is 4.79 Å². The summed E-state index contributed by atoms with van der Waals surface area (Å²) in [4.78, 5) is 11.6. The van der Waals surface area contributed by atoms with Crippen molar-refractivity contribution in [2.24, 2.45) is 5.73 Å². The quantitative estimate of drug-likeness (QED) is 0.794. The molecule has 18 heavy (non-hydrogen) atoms. The first-order chi connectivity index (χ1) is 8.79. The smallest absolute Gasteiger partial charge is 0.258 e. The molecular weight excluding hydrogens is 232 g/mol. The standard InChI is InChI=1S/C13H18N2O3/c14-7-10-3-1-2-4-12(10)18-9-13(16)15-11-5-6-17-8-11/h1-4,11H,5-9,14H2,(H,15,16). The average molecular weight is 250 g/mol. The van der Waals surface area contributed by atoms with Crippen LogP contribution in [0.4, 0.5) is 0 Å². The summed E-state index contributed by atoms with van der Waals surface area (Å²) in [5, 5.41) is 2.87. The zero-order valence-corrected chi connectivity index (χ0v) is 10.2. The lowest BCUT2D eigenvalue weighted by Gasteiger charge is -2.13. The summed E-state index contributed by atoms with van der Waals surface area (Å²) in [7, 11) is 0. The van der Waals surface area contributed by atoms with E-state index >= 15 is 0 Å². The third-order valence-electron chi connectivity index (χ3n) is 2.85. The van der Waals surface area contributed by atoms with Crippen LogP contribution in [0.1, 0.15) is 12.0 Å². The van der Waals surface area contributed by atoms with Crippen molar-refractivity contribution >= 4 is 5.91 Å². The highest BCUT2D eigenvalue weighted by Crippen LogP contribution is 2.16. The van der Waals surface area contributed by atoms with Crippen LogP contribution in [0.25, 0.3) is 0 Å². The summed E-state index contributed by atoms with van der Waals surface area (Å²) < 4.78 is 10.7. The van der Waals surface area contributed by atoms with E-state index in [1.807, 2.05) is 24.3 Å². The van der Waals surface area contributed by atoms with Crippen LogP contribution in [0.2, 0.25) is 0 Å². The van der Waals surface area contributed by atoms with E-state index < -0.39 is 0 Å². The Bertz CT molecular complexity index is 403. The van der Waals surface area contributed by atoms with Crippen LogP contribution in [0, 0.1) is 0 Å². The van der Waals surface area contributed by atoms with Crippen LogP contribution in [0.5, 0.6) is 5.75 Å². The summed E-state index contributed by atoms with van der Waals surface area (Å²) in [6, 6.07) is 7.57. The topological polar surface area (TPSA) is 73.6 Å². The van der Waals surface area contributed by atoms with Crippen molar-refractivity contribution in [3.63, 3.8) is 0 Å². The molecule has 1 fully saturated rings. The van der Waals surface area contributed by atoms with Crippen LogP contribution in [-0.4, -0.2) is 31.8 Å². The lowest BCUT2D eigenvalue weighted by molar-refractivity contribution is -0.123. The SMILES string of the molecule is NCc1ccccc1OCC(=O)NC1CCOC1. The fraction of sp³-hybridized carbons (Fsp3) is 0.462. The number of para-hydroxylation sites is 1. The Balaban J connectivity index is 1.81. The molecule has 0 aliphatic carbocycles. The van der Waals surface area contributed by atoms with Crippen LogP contribution in [0.15, 0.2) is 24.3 Å². The van der Waals surface area contributed by atoms with E-state index in [9.17, 15) is 4.79 Å². The number of nitrogens with two attached hydrogens (primary N) is 1. The molecule has 1 atom stereocenters. The Morgan fingerprint density at radius 3 is 3.06 bits per heavy atom. The van der Waals surface area contributed by atoms with Crippen molar-refractivity contribution in [3.05, 3.63) is 29.8 Å². The molecule has 0 aromatic heterocycles. The Morgan fingerprint density at radius 2 is 2.33 bits per heavy atom. The first-order valence-electron chi connectivity index (χ1n) is 6.07. The third kappa shape index (κ3) is 3.45. The van der Waals surface area contributed by atoms with Gasteiger partial charge in [0, 0.05) is 18.7 Å². The molecular formula is C13H18N2O3. The molecule has 5 nitrogen and oxygen atoms in total. The second kappa shape index (κ2) is 6.37. The number of ether oxygens (including phenoxy) is 2. The molecule has 0 radical (unpaired) electrons. The van der Waals surface area contributed by atoms with Crippen LogP contribution in [0.3, 0.4) is 0 Å². The highest BCUT2D eigenvalue weighted by molar-refractivity contribution is 5.77. The molecule has 1 amide bonds. The summed E-state index contributed by atoms with van der Waals surface area (Å²) in [6.07, 6.45) is 0.866.